The fraction of sp³-hybridized carbons (Fsp3) is 0.625. The molecule has 1 saturated heterocycles. The highest BCUT2D eigenvalue weighted by molar-refractivity contribution is 8.21. The average Bonchev–Trinajstić information content (AvgIpc) is 2.67. The van der Waals surface area contributed by atoms with Gasteiger partial charge in [0.15, 0.2) is 0 Å². The lowest BCUT2D eigenvalue weighted by Gasteiger charge is -2.22. The van der Waals surface area contributed by atoms with Crippen molar-refractivity contribution in [1.82, 2.24) is 9.78 Å². The van der Waals surface area contributed by atoms with E-state index in [1.807, 2.05) is 10.9 Å². The summed E-state index contributed by atoms with van der Waals surface area (Å²) < 4.78 is 7.42. The molecule has 0 amide bonds. The number of nitrogens with zero attached hydrogens (tertiary/aromatic N) is 2. The van der Waals surface area contributed by atoms with Crippen molar-refractivity contribution in [3.05, 3.63) is 12.4 Å². The zero-order chi connectivity index (χ0) is 9.10. The van der Waals surface area contributed by atoms with Crippen LogP contribution in [0, 0.1) is 0 Å². The van der Waals surface area contributed by atoms with Gasteiger partial charge in [-0.3, -0.25) is 0 Å². The predicted octanol–water partition coefficient (Wildman–Crippen LogP) is 2.83. The molecule has 0 saturated carbocycles. The second-order valence-corrected chi connectivity index (χ2v) is 4.14. The van der Waals surface area contributed by atoms with Gasteiger partial charge in [0.05, 0.1) is 11.1 Å². The Kier molecular flexibility index (Phi) is 3.14. The molecular weight excluding hydrogens is 208 g/mol. The van der Waals surface area contributed by atoms with E-state index in [0.717, 1.165) is 24.3 Å². The minimum atomic E-state index is 0.117. The second-order valence-electron chi connectivity index (χ2n) is 3.05. The molecule has 2 heterocycles. The Balaban J connectivity index is 2.05. The summed E-state index contributed by atoms with van der Waals surface area (Å²) >= 11 is 0. The molecule has 1 aliphatic rings. The number of aromatic nitrogens is 2. The van der Waals surface area contributed by atoms with Gasteiger partial charge in [0.1, 0.15) is 6.23 Å². The standard InChI is InChI=1S/C8H11ClN2OS/c9-13-7-5-10-11(6-7)8-3-1-2-4-12-8/h5-6,8H,1-4H2. The summed E-state index contributed by atoms with van der Waals surface area (Å²) in [6.07, 6.45) is 7.23. The first-order valence-electron chi connectivity index (χ1n) is 4.34. The molecule has 0 bridgehead atoms. The van der Waals surface area contributed by atoms with Gasteiger partial charge >= 0.3 is 0 Å². The van der Waals surface area contributed by atoms with Crippen LogP contribution < -0.4 is 0 Å². The van der Waals surface area contributed by atoms with Crippen LogP contribution in [0.1, 0.15) is 25.5 Å². The predicted molar refractivity (Wildman–Crippen MR) is 52.8 cm³/mol. The van der Waals surface area contributed by atoms with Crippen molar-refractivity contribution in [3.63, 3.8) is 0 Å². The fourth-order valence-electron chi connectivity index (χ4n) is 1.45. The molecule has 1 aliphatic heterocycles. The zero-order valence-electron chi connectivity index (χ0n) is 7.15. The Morgan fingerprint density at radius 1 is 1.62 bits per heavy atom. The van der Waals surface area contributed by atoms with Crippen LogP contribution in [0.15, 0.2) is 17.3 Å². The van der Waals surface area contributed by atoms with Gasteiger partial charge in [0.2, 0.25) is 0 Å². The first-order chi connectivity index (χ1) is 6.40. The molecule has 1 atom stereocenters. The third kappa shape index (κ3) is 2.18. The lowest BCUT2D eigenvalue weighted by atomic mass is 10.2. The van der Waals surface area contributed by atoms with Crippen LogP contribution in [0.25, 0.3) is 0 Å². The van der Waals surface area contributed by atoms with Crippen molar-refractivity contribution in [2.24, 2.45) is 0 Å². The number of ether oxygens (including phenoxy) is 1. The first-order valence-corrected chi connectivity index (χ1v) is 5.99. The van der Waals surface area contributed by atoms with E-state index >= 15 is 0 Å². The average molecular weight is 219 g/mol. The van der Waals surface area contributed by atoms with Gasteiger partial charge in [-0.25, -0.2) is 4.68 Å². The van der Waals surface area contributed by atoms with Gasteiger partial charge in [-0.1, -0.05) is 0 Å². The highest BCUT2D eigenvalue weighted by atomic mass is 35.7. The van der Waals surface area contributed by atoms with Crippen molar-refractivity contribution >= 4 is 21.7 Å². The minimum absolute atomic E-state index is 0.117. The molecule has 5 heteroatoms. The van der Waals surface area contributed by atoms with Crippen LogP contribution in [0.5, 0.6) is 0 Å². The Hall–Kier alpha value is -0.190. The Labute approximate surface area is 85.9 Å². The zero-order valence-corrected chi connectivity index (χ0v) is 8.72. The number of hydrogen-bond donors (Lipinski definition) is 0. The van der Waals surface area contributed by atoms with Crippen molar-refractivity contribution < 1.29 is 4.74 Å². The largest absolute Gasteiger partial charge is 0.357 e. The third-order valence-corrected chi connectivity index (χ3v) is 3.04. The molecule has 1 unspecified atom stereocenters. The topological polar surface area (TPSA) is 27.1 Å². The van der Waals surface area contributed by atoms with E-state index in [1.54, 1.807) is 6.20 Å². The monoisotopic (exact) mass is 218 g/mol. The molecule has 0 spiro atoms. The number of hydrogen-bond acceptors (Lipinski definition) is 3. The van der Waals surface area contributed by atoms with Gasteiger partial charge in [-0.2, -0.15) is 5.10 Å². The van der Waals surface area contributed by atoms with Crippen LogP contribution in [-0.4, -0.2) is 16.4 Å². The third-order valence-electron chi connectivity index (χ3n) is 2.12. The van der Waals surface area contributed by atoms with Crippen molar-refractivity contribution in [1.29, 1.82) is 0 Å². The fourth-order valence-corrected chi connectivity index (χ4v) is 1.92. The van der Waals surface area contributed by atoms with Gasteiger partial charge in [0.25, 0.3) is 0 Å². The van der Waals surface area contributed by atoms with Gasteiger partial charge in [-0.15, -0.1) is 0 Å². The van der Waals surface area contributed by atoms with E-state index in [-0.39, 0.29) is 6.23 Å². The molecule has 72 valence electrons. The molecule has 0 radical (unpaired) electrons. The Bertz CT molecular complexity index is 273. The summed E-state index contributed by atoms with van der Waals surface area (Å²) in [6, 6.07) is 0. The van der Waals surface area contributed by atoms with Gasteiger partial charge in [-0.05, 0) is 40.9 Å². The molecule has 3 nitrogen and oxygen atoms in total. The molecule has 1 fully saturated rings. The molecule has 2 rings (SSSR count). The summed E-state index contributed by atoms with van der Waals surface area (Å²) in [6.45, 7) is 0.841. The van der Waals surface area contributed by atoms with E-state index in [4.69, 9.17) is 15.4 Å². The number of halogens is 1. The van der Waals surface area contributed by atoms with Crippen LogP contribution in [-0.2, 0) is 4.74 Å². The van der Waals surface area contributed by atoms with Crippen LogP contribution in [0.3, 0.4) is 0 Å². The van der Waals surface area contributed by atoms with E-state index in [2.05, 4.69) is 5.10 Å². The maximum Gasteiger partial charge on any atom is 0.150 e. The first kappa shape index (κ1) is 9.37. The molecular formula is C8H11ClN2OS. The molecule has 0 N–H and O–H groups in total. The van der Waals surface area contributed by atoms with Crippen LogP contribution >= 0.6 is 21.7 Å². The van der Waals surface area contributed by atoms with Crippen molar-refractivity contribution in [2.45, 2.75) is 30.4 Å². The highest BCUT2D eigenvalue weighted by Gasteiger charge is 2.16. The smallest absolute Gasteiger partial charge is 0.150 e. The second kappa shape index (κ2) is 4.35. The molecule has 13 heavy (non-hydrogen) atoms. The summed E-state index contributed by atoms with van der Waals surface area (Å²) in [7, 11) is 6.79. The Morgan fingerprint density at radius 3 is 3.15 bits per heavy atom. The summed E-state index contributed by atoms with van der Waals surface area (Å²) in [5, 5.41) is 4.20. The van der Waals surface area contributed by atoms with E-state index in [0.29, 0.717) is 0 Å². The normalized spacial score (nSPS) is 23.3. The summed E-state index contributed by atoms with van der Waals surface area (Å²) in [4.78, 5) is 0.968. The SMILES string of the molecule is ClSc1cnn(C2CCCCO2)c1. The summed E-state index contributed by atoms with van der Waals surface area (Å²) in [5.74, 6) is 0. The van der Waals surface area contributed by atoms with Crippen LogP contribution in [0.4, 0.5) is 0 Å². The molecule has 0 aliphatic carbocycles. The Morgan fingerprint density at radius 2 is 2.54 bits per heavy atom. The van der Waals surface area contributed by atoms with Crippen LogP contribution in [0.2, 0.25) is 0 Å². The quantitative estimate of drug-likeness (QED) is 0.764. The highest BCUT2D eigenvalue weighted by Crippen LogP contribution is 2.25. The maximum atomic E-state index is 5.60. The van der Waals surface area contributed by atoms with Gasteiger partial charge in [0, 0.05) is 12.8 Å². The lowest BCUT2D eigenvalue weighted by Crippen LogP contribution is -2.18. The van der Waals surface area contributed by atoms with E-state index < -0.39 is 0 Å². The van der Waals surface area contributed by atoms with E-state index in [9.17, 15) is 0 Å². The molecule has 1 aromatic heterocycles. The maximum absolute atomic E-state index is 5.60. The van der Waals surface area contributed by atoms with Gasteiger partial charge < -0.3 is 4.74 Å². The molecule has 0 aromatic carbocycles. The van der Waals surface area contributed by atoms with Crippen molar-refractivity contribution in [3.8, 4) is 0 Å². The van der Waals surface area contributed by atoms with Crippen molar-refractivity contribution in [2.75, 3.05) is 6.61 Å². The summed E-state index contributed by atoms with van der Waals surface area (Å²) in [5.41, 5.74) is 0. The lowest BCUT2D eigenvalue weighted by molar-refractivity contribution is -0.0396. The van der Waals surface area contributed by atoms with E-state index in [1.165, 1.54) is 17.4 Å². The minimum Gasteiger partial charge on any atom is -0.357 e. The molecule has 1 aromatic rings. The number of rotatable bonds is 2.